The fourth-order valence-electron chi connectivity index (χ4n) is 3.45. The van der Waals surface area contributed by atoms with Crippen molar-refractivity contribution >= 4 is 20.9 Å². The van der Waals surface area contributed by atoms with Gasteiger partial charge in [0, 0.05) is 24.0 Å². The predicted molar refractivity (Wildman–Crippen MR) is 122 cm³/mol. The zero-order chi connectivity index (χ0) is 25.4. The minimum Gasteiger partial charge on any atom is -0.276 e. The molecule has 7 nitrogen and oxygen atoms in total. The summed E-state index contributed by atoms with van der Waals surface area (Å²) < 4.78 is 81.0. The van der Waals surface area contributed by atoms with Crippen LogP contribution in [0.15, 0.2) is 72.5 Å². The molecule has 0 aliphatic heterocycles. The maximum Gasteiger partial charge on any atom is 0.404 e. The van der Waals surface area contributed by atoms with Crippen LogP contribution < -0.4 is 4.72 Å². The third-order valence-corrected chi connectivity index (χ3v) is 6.74. The van der Waals surface area contributed by atoms with Gasteiger partial charge in [0.2, 0.25) is 16.0 Å². The molecular formula is C23H19F4N5O2S. The Morgan fingerprint density at radius 1 is 1.14 bits per heavy atom. The minimum atomic E-state index is -4.74. The lowest BCUT2D eigenvalue weighted by Gasteiger charge is -2.17. The Morgan fingerprint density at radius 2 is 1.86 bits per heavy atom. The molecule has 0 spiro atoms. The molecular weight excluding hydrogens is 486 g/mol. The second kappa shape index (κ2) is 9.19. The first-order chi connectivity index (χ1) is 16.5. The molecule has 0 aliphatic carbocycles. The van der Waals surface area contributed by atoms with Gasteiger partial charge in [0.25, 0.3) is 0 Å². The highest BCUT2D eigenvalue weighted by molar-refractivity contribution is 7.89. The molecule has 0 aliphatic rings. The van der Waals surface area contributed by atoms with Crippen LogP contribution in [0.2, 0.25) is 0 Å². The van der Waals surface area contributed by atoms with Crippen molar-refractivity contribution in [2.75, 3.05) is 0 Å². The van der Waals surface area contributed by atoms with Crippen LogP contribution in [-0.2, 0) is 16.4 Å². The summed E-state index contributed by atoms with van der Waals surface area (Å²) in [5, 5.41) is 0.525. The van der Waals surface area contributed by atoms with Gasteiger partial charge in [0.1, 0.15) is 16.8 Å². The average Bonchev–Trinajstić information content (AvgIpc) is 3.17. The number of fused-ring (bicyclic) bond motifs is 1. The van der Waals surface area contributed by atoms with Crippen LogP contribution in [0.25, 0.3) is 28.2 Å². The number of nitrogens with zero attached hydrogens (tertiary/aromatic N) is 4. The number of nitrogens with one attached hydrogen (secondary N) is 1. The maximum atomic E-state index is 14.6. The molecule has 1 atom stereocenters. The van der Waals surface area contributed by atoms with E-state index < -0.39 is 33.0 Å². The van der Waals surface area contributed by atoms with E-state index in [0.717, 1.165) is 12.3 Å². The quantitative estimate of drug-likeness (QED) is 0.293. The molecule has 0 amide bonds. The van der Waals surface area contributed by atoms with E-state index in [-0.39, 0.29) is 11.6 Å². The zero-order valence-corrected chi connectivity index (χ0v) is 19.1. The summed E-state index contributed by atoms with van der Waals surface area (Å²) in [6.45, 7) is 4.35. The van der Waals surface area contributed by atoms with Crippen molar-refractivity contribution in [3.05, 3.63) is 79.0 Å². The monoisotopic (exact) mass is 505 g/mol. The van der Waals surface area contributed by atoms with Gasteiger partial charge in [0.05, 0.1) is 16.9 Å². The lowest BCUT2D eigenvalue weighted by molar-refractivity contribution is -0.147. The highest BCUT2D eigenvalue weighted by atomic mass is 32.2. The van der Waals surface area contributed by atoms with Crippen LogP contribution in [0.5, 0.6) is 0 Å². The van der Waals surface area contributed by atoms with Gasteiger partial charge in [-0.3, -0.25) is 9.55 Å². The molecule has 12 heteroatoms. The second-order valence-corrected chi connectivity index (χ2v) is 9.39. The molecule has 4 aromatic rings. The maximum absolute atomic E-state index is 14.6. The Labute approximate surface area is 198 Å². The summed E-state index contributed by atoms with van der Waals surface area (Å²) in [6, 6.07) is 6.50. The third-order valence-electron chi connectivity index (χ3n) is 5.22. The number of hydrogen-bond acceptors (Lipinski definition) is 5. The van der Waals surface area contributed by atoms with Gasteiger partial charge in [0.15, 0.2) is 0 Å². The molecule has 1 N–H and O–H groups in total. The third kappa shape index (κ3) is 4.93. The number of rotatable bonds is 7. The van der Waals surface area contributed by atoms with E-state index in [1.54, 1.807) is 33.6 Å². The van der Waals surface area contributed by atoms with Crippen molar-refractivity contribution in [2.45, 2.75) is 30.5 Å². The van der Waals surface area contributed by atoms with Gasteiger partial charge in [-0.05, 0) is 55.3 Å². The van der Waals surface area contributed by atoms with E-state index in [0.29, 0.717) is 35.5 Å². The van der Waals surface area contributed by atoms with Crippen LogP contribution in [0.3, 0.4) is 0 Å². The zero-order valence-electron chi connectivity index (χ0n) is 18.3. The highest BCUT2D eigenvalue weighted by Crippen LogP contribution is 2.32. The number of halogens is 4. The molecule has 0 bridgehead atoms. The Balaban J connectivity index is 1.82. The molecule has 182 valence electrons. The summed E-state index contributed by atoms with van der Waals surface area (Å²) >= 11 is 0. The number of allylic oxidation sites excluding steroid dienone is 1. The Bertz CT molecular complexity index is 1480. The van der Waals surface area contributed by atoms with Gasteiger partial charge in [-0.2, -0.15) is 17.9 Å². The van der Waals surface area contributed by atoms with Gasteiger partial charge in [-0.15, -0.1) is 6.58 Å². The number of alkyl halides is 3. The molecule has 0 saturated carbocycles. The smallest absolute Gasteiger partial charge is 0.276 e. The molecule has 0 unspecified atom stereocenters. The molecule has 3 aromatic heterocycles. The lowest BCUT2D eigenvalue weighted by Crippen LogP contribution is -2.42. The van der Waals surface area contributed by atoms with E-state index in [4.69, 9.17) is 0 Å². The fourth-order valence-corrected chi connectivity index (χ4v) is 4.63. The van der Waals surface area contributed by atoms with Crippen LogP contribution in [0, 0.1) is 5.82 Å². The van der Waals surface area contributed by atoms with Gasteiger partial charge >= 0.3 is 6.18 Å². The topological polar surface area (TPSA) is 89.8 Å². The van der Waals surface area contributed by atoms with E-state index in [9.17, 15) is 26.0 Å². The molecule has 0 fully saturated rings. The molecule has 1 aromatic carbocycles. The Kier molecular flexibility index (Phi) is 6.43. The number of benzene rings is 1. The number of sulfonamides is 1. The highest BCUT2D eigenvalue weighted by Gasteiger charge is 2.39. The Morgan fingerprint density at radius 3 is 2.46 bits per heavy atom. The van der Waals surface area contributed by atoms with Gasteiger partial charge < -0.3 is 0 Å². The summed E-state index contributed by atoms with van der Waals surface area (Å²) in [6.07, 6.45) is 1.15. The van der Waals surface area contributed by atoms with Crippen LogP contribution in [0.4, 0.5) is 17.6 Å². The first kappa shape index (κ1) is 24.5. The molecule has 3 heterocycles. The second-order valence-electron chi connectivity index (χ2n) is 7.67. The average molecular weight is 505 g/mol. The van der Waals surface area contributed by atoms with Crippen molar-refractivity contribution < 1.29 is 26.0 Å². The van der Waals surface area contributed by atoms with Crippen molar-refractivity contribution in [3.8, 4) is 17.3 Å². The minimum absolute atomic E-state index is 0.271. The van der Waals surface area contributed by atoms with Crippen molar-refractivity contribution in [1.82, 2.24) is 24.2 Å². The fraction of sp³-hybridized carbons (Fsp3) is 0.174. The summed E-state index contributed by atoms with van der Waals surface area (Å²) in [7, 11) is -4.47. The van der Waals surface area contributed by atoms with E-state index in [2.05, 4.69) is 21.5 Å². The molecule has 0 radical (unpaired) electrons. The molecule has 35 heavy (non-hydrogen) atoms. The normalized spacial score (nSPS) is 13.2. The SMILES string of the molecule is C=CCc1cc2c(cc1F)cc(-c1ccc(S(=O)(=O)N[C@@H](C)C(F)(F)F)cn1)n2-c1ncccn1. The van der Waals surface area contributed by atoms with Crippen LogP contribution in [0.1, 0.15) is 12.5 Å². The van der Waals surface area contributed by atoms with Crippen molar-refractivity contribution in [2.24, 2.45) is 0 Å². The van der Waals surface area contributed by atoms with E-state index in [1.807, 2.05) is 0 Å². The standard InChI is InChI=1S/C23H19F4N5O2S/c1-3-5-15-11-20-16(10-18(15)24)12-21(32(20)22-28-8-4-9-29-22)19-7-6-17(13-30-19)35(33,34)31-14(2)23(25,26)27/h3-4,6-14,31H,1,5H2,2H3/t14-/m0/s1. The largest absolute Gasteiger partial charge is 0.404 e. The lowest BCUT2D eigenvalue weighted by atomic mass is 10.1. The van der Waals surface area contributed by atoms with Crippen molar-refractivity contribution in [1.29, 1.82) is 0 Å². The molecule has 0 saturated heterocycles. The number of pyridine rings is 1. The molecule has 4 rings (SSSR count). The van der Waals surface area contributed by atoms with Gasteiger partial charge in [-0.25, -0.2) is 22.8 Å². The van der Waals surface area contributed by atoms with E-state index >= 15 is 0 Å². The summed E-state index contributed by atoms with van der Waals surface area (Å²) in [5.74, 6) is -0.151. The van der Waals surface area contributed by atoms with Crippen LogP contribution >= 0.6 is 0 Å². The van der Waals surface area contributed by atoms with Gasteiger partial charge in [-0.1, -0.05) is 6.08 Å². The Hall–Kier alpha value is -3.64. The number of hydrogen-bond donors (Lipinski definition) is 1. The van der Waals surface area contributed by atoms with Crippen LogP contribution in [-0.4, -0.2) is 40.2 Å². The predicted octanol–water partition coefficient (Wildman–Crippen LogP) is 4.58. The first-order valence-corrected chi connectivity index (χ1v) is 11.8. The summed E-state index contributed by atoms with van der Waals surface area (Å²) in [5.41, 5.74) is 1.71. The first-order valence-electron chi connectivity index (χ1n) is 10.3. The number of aromatic nitrogens is 4. The summed E-state index contributed by atoms with van der Waals surface area (Å²) in [4.78, 5) is 12.3. The van der Waals surface area contributed by atoms with Crippen molar-refractivity contribution in [3.63, 3.8) is 0 Å². The van der Waals surface area contributed by atoms with E-state index in [1.165, 1.54) is 24.5 Å².